The standard InChI is InChI=1S/C15H18N8/c1-22-5-3-10(8-22)20-15-11-7-18-13(16)6-12(11)23(21-15)14-2-4-17-9-19-14/h2,4,6-7,9-10H,3,5,8H2,1H3,(H2,16,18)(H,20,21)/p+1. The van der Waals surface area contributed by atoms with Crippen molar-refractivity contribution in [2.24, 2.45) is 0 Å². The molecule has 1 fully saturated rings. The zero-order valence-electron chi connectivity index (χ0n) is 12.9. The fourth-order valence-electron chi connectivity index (χ4n) is 3.08. The molecule has 0 amide bonds. The van der Waals surface area contributed by atoms with E-state index in [1.807, 2.05) is 12.1 Å². The van der Waals surface area contributed by atoms with Gasteiger partial charge in [-0.2, -0.15) is 0 Å². The Balaban J connectivity index is 1.79. The molecule has 4 heterocycles. The molecule has 1 aliphatic heterocycles. The van der Waals surface area contributed by atoms with Gasteiger partial charge in [-0.3, -0.25) is 5.32 Å². The average molecular weight is 311 g/mol. The molecule has 118 valence electrons. The van der Waals surface area contributed by atoms with E-state index in [-0.39, 0.29) is 0 Å². The molecule has 1 atom stereocenters. The maximum atomic E-state index is 5.86. The quantitative estimate of drug-likeness (QED) is 0.688. The Morgan fingerprint density at radius 3 is 3.00 bits per heavy atom. The summed E-state index contributed by atoms with van der Waals surface area (Å²) in [5.41, 5.74) is 6.77. The summed E-state index contributed by atoms with van der Waals surface area (Å²) in [5.74, 6) is 2.13. The van der Waals surface area contributed by atoms with Crippen LogP contribution in [0.2, 0.25) is 0 Å². The topological polar surface area (TPSA) is 102 Å². The van der Waals surface area contributed by atoms with Crippen LogP contribution in [-0.4, -0.2) is 55.8 Å². The van der Waals surface area contributed by atoms with Crippen molar-refractivity contribution in [3.63, 3.8) is 0 Å². The Kier molecular flexibility index (Phi) is 3.40. The molecule has 1 saturated heterocycles. The Morgan fingerprint density at radius 1 is 1.35 bits per heavy atom. The molecule has 0 spiro atoms. The second kappa shape index (κ2) is 5.56. The van der Waals surface area contributed by atoms with Crippen LogP contribution in [0.3, 0.4) is 0 Å². The van der Waals surface area contributed by atoms with Gasteiger partial charge in [-0.15, -0.1) is 5.10 Å². The largest absolute Gasteiger partial charge is 0.384 e. The fraction of sp³-hybridized carbons (Fsp3) is 0.333. The first-order valence-electron chi connectivity index (χ1n) is 7.65. The Bertz CT molecular complexity index is 828. The van der Waals surface area contributed by atoms with Crippen molar-refractivity contribution in [2.45, 2.75) is 12.5 Å². The lowest BCUT2D eigenvalue weighted by Gasteiger charge is -2.07. The van der Waals surface area contributed by atoms with Gasteiger partial charge in [0.25, 0.3) is 5.82 Å². The average Bonchev–Trinajstić information content (AvgIpc) is 3.12. The number of hydrogen-bond acceptors (Lipinski definition) is 6. The van der Waals surface area contributed by atoms with Gasteiger partial charge < -0.3 is 10.6 Å². The van der Waals surface area contributed by atoms with Gasteiger partial charge in [-0.1, -0.05) is 0 Å². The zero-order chi connectivity index (χ0) is 15.8. The van der Waals surface area contributed by atoms with E-state index in [0.717, 1.165) is 42.0 Å². The van der Waals surface area contributed by atoms with Crippen LogP contribution in [0.5, 0.6) is 0 Å². The van der Waals surface area contributed by atoms with E-state index in [2.05, 4.69) is 32.2 Å². The summed E-state index contributed by atoms with van der Waals surface area (Å²) in [6, 6.07) is 4.17. The fourth-order valence-corrected chi connectivity index (χ4v) is 3.08. The maximum Gasteiger partial charge on any atom is 0.253 e. The third-order valence-electron chi connectivity index (χ3n) is 4.22. The first-order chi connectivity index (χ1) is 11.2. The highest BCUT2D eigenvalue weighted by atomic mass is 15.4. The third-order valence-corrected chi connectivity index (χ3v) is 4.22. The van der Waals surface area contributed by atoms with E-state index in [1.54, 1.807) is 17.1 Å². The number of aromatic nitrogens is 5. The van der Waals surface area contributed by atoms with Crippen LogP contribution in [0, 0.1) is 0 Å². The lowest BCUT2D eigenvalue weighted by atomic mass is 10.2. The molecule has 0 aromatic carbocycles. The maximum absolute atomic E-state index is 5.86. The number of quaternary nitrogens is 1. The summed E-state index contributed by atoms with van der Waals surface area (Å²) in [4.78, 5) is 14.8. The van der Waals surface area contributed by atoms with E-state index < -0.39 is 0 Å². The van der Waals surface area contributed by atoms with E-state index in [9.17, 15) is 0 Å². The van der Waals surface area contributed by atoms with Crippen LogP contribution in [0.25, 0.3) is 16.7 Å². The molecule has 1 aliphatic rings. The molecule has 0 bridgehead atoms. The van der Waals surface area contributed by atoms with Crippen molar-refractivity contribution in [3.05, 3.63) is 30.9 Å². The first kappa shape index (κ1) is 14.0. The van der Waals surface area contributed by atoms with Gasteiger partial charge in [0, 0.05) is 37.5 Å². The summed E-state index contributed by atoms with van der Waals surface area (Å²) in [6.07, 6.45) is 6.17. The van der Waals surface area contributed by atoms with Gasteiger partial charge >= 0.3 is 0 Å². The number of likely N-dealkylation sites (N-methyl/N-ethyl adjacent to an activating group) is 1. The molecule has 3 aromatic heterocycles. The molecule has 0 radical (unpaired) electrons. The molecule has 3 aromatic rings. The number of fused-ring (bicyclic) bond motifs is 1. The monoisotopic (exact) mass is 311 g/mol. The minimum absolute atomic E-state index is 0.472. The minimum Gasteiger partial charge on any atom is -0.384 e. The van der Waals surface area contributed by atoms with E-state index in [4.69, 9.17) is 10.8 Å². The molecular weight excluding hydrogens is 292 g/mol. The molecular formula is C15H19N8+. The summed E-state index contributed by atoms with van der Waals surface area (Å²) < 4.78 is 1.81. The summed E-state index contributed by atoms with van der Waals surface area (Å²) >= 11 is 0. The van der Waals surface area contributed by atoms with Crippen molar-refractivity contribution in [1.29, 1.82) is 0 Å². The van der Waals surface area contributed by atoms with Crippen LogP contribution in [0.1, 0.15) is 6.42 Å². The van der Waals surface area contributed by atoms with Crippen LogP contribution < -0.4 is 11.1 Å². The predicted octanol–water partition coefficient (Wildman–Crippen LogP) is -0.308. The zero-order valence-corrected chi connectivity index (χ0v) is 12.9. The summed E-state index contributed by atoms with van der Waals surface area (Å²) in [6.45, 7) is 2.18. The van der Waals surface area contributed by atoms with Crippen molar-refractivity contribution >= 4 is 22.5 Å². The van der Waals surface area contributed by atoms with Gasteiger partial charge in [0.05, 0.1) is 12.1 Å². The molecule has 8 heteroatoms. The van der Waals surface area contributed by atoms with E-state index >= 15 is 0 Å². The van der Waals surface area contributed by atoms with Crippen LogP contribution in [0.15, 0.2) is 30.9 Å². The minimum atomic E-state index is 0.472. The van der Waals surface area contributed by atoms with E-state index in [1.165, 1.54) is 6.33 Å². The second-order valence-corrected chi connectivity index (χ2v) is 5.97. The number of likely N-dealkylation sites (tertiary alicyclic amines) is 1. The van der Waals surface area contributed by atoms with Crippen molar-refractivity contribution in [1.82, 2.24) is 29.6 Å². The third kappa shape index (κ3) is 2.62. The molecule has 4 N–H and O–H groups in total. The van der Waals surface area contributed by atoms with Crippen molar-refractivity contribution < 1.29 is 5.32 Å². The van der Waals surface area contributed by atoms with E-state index in [0.29, 0.717) is 11.9 Å². The number of pyridine rings is 1. The Labute approximate surface area is 133 Å². The molecule has 8 nitrogen and oxygen atoms in total. The van der Waals surface area contributed by atoms with Crippen LogP contribution in [0.4, 0.5) is 11.6 Å². The van der Waals surface area contributed by atoms with Gasteiger partial charge in [0.1, 0.15) is 23.6 Å². The molecule has 0 saturated carbocycles. The number of anilines is 1. The Morgan fingerprint density at radius 2 is 2.26 bits per heavy atom. The molecule has 0 aliphatic carbocycles. The highest BCUT2D eigenvalue weighted by Crippen LogP contribution is 2.23. The van der Waals surface area contributed by atoms with Crippen molar-refractivity contribution in [3.8, 4) is 5.82 Å². The lowest BCUT2D eigenvalue weighted by molar-refractivity contribution is -0.609. The van der Waals surface area contributed by atoms with Crippen molar-refractivity contribution in [2.75, 3.05) is 25.9 Å². The van der Waals surface area contributed by atoms with Gasteiger partial charge in [0.15, 0.2) is 5.82 Å². The lowest BCUT2D eigenvalue weighted by Crippen LogP contribution is -2.85. The normalized spacial score (nSPS) is 18.7. The molecule has 1 unspecified atom stereocenters. The van der Waals surface area contributed by atoms with Gasteiger partial charge in [-0.25, -0.2) is 19.6 Å². The van der Waals surface area contributed by atoms with Crippen LogP contribution in [-0.2, 0) is 0 Å². The predicted molar refractivity (Wildman–Crippen MR) is 86.4 cm³/mol. The molecule has 4 rings (SSSR count). The highest BCUT2D eigenvalue weighted by molar-refractivity contribution is 5.88. The Hall–Kier alpha value is -2.58. The number of hydrogen-bond donors (Lipinski definition) is 2. The smallest absolute Gasteiger partial charge is 0.253 e. The summed E-state index contributed by atoms with van der Waals surface area (Å²) in [7, 11) is 2.15. The first-order valence-corrected chi connectivity index (χ1v) is 7.65. The summed E-state index contributed by atoms with van der Waals surface area (Å²) in [5, 5.41) is 7.98. The highest BCUT2D eigenvalue weighted by Gasteiger charge is 2.26. The van der Waals surface area contributed by atoms with Gasteiger partial charge in [0.2, 0.25) is 0 Å². The number of rotatable bonds is 3. The van der Waals surface area contributed by atoms with Gasteiger partial charge in [-0.05, 0) is 7.05 Å². The number of nitrogen functional groups attached to an aromatic ring is 1. The SMILES string of the molecule is CN1CCC([NH2+]c2nn(-c3ccncn3)c3cc(N)ncc23)C1. The molecule has 23 heavy (non-hydrogen) atoms. The second-order valence-electron chi connectivity index (χ2n) is 5.97. The van der Waals surface area contributed by atoms with Crippen LogP contribution >= 0.6 is 0 Å². The number of nitrogens with zero attached hydrogens (tertiary/aromatic N) is 6. The number of nitrogens with two attached hydrogens (primary N) is 2.